The largest absolute Gasteiger partial charge is 0.327 e. The Morgan fingerprint density at radius 3 is 2.50 bits per heavy atom. The van der Waals surface area contributed by atoms with E-state index in [1.807, 2.05) is 42.5 Å². The van der Waals surface area contributed by atoms with E-state index in [1.54, 1.807) is 18.2 Å². The van der Waals surface area contributed by atoms with E-state index in [1.165, 1.54) is 5.56 Å². The van der Waals surface area contributed by atoms with Gasteiger partial charge in [0, 0.05) is 19.5 Å². The fourth-order valence-electron chi connectivity index (χ4n) is 3.83. The van der Waals surface area contributed by atoms with Crippen molar-refractivity contribution in [2.45, 2.75) is 24.3 Å². The fraction of sp³-hybridized carbons (Fsp3) is 0.174. The zero-order valence-corrected chi connectivity index (χ0v) is 18.8. The SMILES string of the molecule is O=S(=O)(NCCn1c(CCc2ccccc2)nc2ccccc21)c1cccc2nsnc12. The fourth-order valence-corrected chi connectivity index (χ4v) is 5.62. The van der Waals surface area contributed by atoms with Gasteiger partial charge in [-0.1, -0.05) is 48.5 Å². The zero-order valence-electron chi connectivity index (χ0n) is 17.2. The lowest BCUT2D eigenvalue weighted by Gasteiger charge is -2.11. The molecule has 0 fully saturated rings. The van der Waals surface area contributed by atoms with Crippen molar-refractivity contribution in [2.75, 3.05) is 6.54 Å². The van der Waals surface area contributed by atoms with Crippen molar-refractivity contribution in [2.24, 2.45) is 0 Å². The summed E-state index contributed by atoms with van der Waals surface area (Å²) in [6.45, 7) is 0.726. The van der Waals surface area contributed by atoms with E-state index in [2.05, 4.69) is 30.2 Å². The molecule has 5 aromatic rings. The van der Waals surface area contributed by atoms with Crippen molar-refractivity contribution >= 4 is 43.8 Å². The number of rotatable bonds is 8. The van der Waals surface area contributed by atoms with Crippen molar-refractivity contribution < 1.29 is 8.42 Å². The first-order valence-electron chi connectivity index (χ1n) is 10.3. The van der Waals surface area contributed by atoms with Gasteiger partial charge in [-0.05, 0) is 36.2 Å². The quantitative estimate of drug-likeness (QED) is 0.378. The standard InChI is InChI=1S/C23H21N5O2S2/c29-32(30,21-12-6-10-19-23(21)27-31-26-19)24-15-16-28-20-11-5-4-9-18(20)25-22(28)14-13-17-7-2-1-3-8-17/h1-12,24H,13-16H2. The van der Waals surface area contributed by atoms with Gasteiger partial charge in [0.05, 0.1) is 22.8 Å². The summed E-state index contributed by atoms with van der Waals surface area (Å²) in [6.07, 6.45) is 1.64. The maximum atomic E-state index is 12.9. The van der Waals surface area contributed by atoms with Gasteiger partial charge >= 0.3 is 0 Å². The van der Waals surface area contributed by atoms with E-state index in [0.717, 1.165) is 41.4 Å². The smallest absolute Gasteiger partial charge is 0.242 e. The van der Waals surface area contributed by atoms with Crippen LogP contribution in [0.1, 0.15) is 11.4 Å². The molecular formula is C23H21N5O2S2. The Balaban J connectivity index is 1.36. The van der Waals surface area contributed by atoms with Crippen molar-refractivity contribution in [3.63, 3.8) is 0 Å². The molecule has 0 aliphatic heterocycles. The second-order valence-corrected chi connectivity index (χ2v) is 9.70. The highest BCUT2D eigenvalue weighted by atomic mass is 32.2. The third-order valence-corrected chi connectivity index (χ3v) is 7.41. The minimum atomic E-state index is -3.71. The van der Waals surface area contributed by atoms with Crippen LogP contribution in [0.25, 0.3) is 22.1 Å². The first-order valence-corrected chi connectivity index (χ1v) is 12.5. The van der Waals surface area contributed by atoms with Crippen LogP contribution < -0.4 is 4.72 Å². The number of hydrogen-bond acceptors (Lipinski definition) is 6. The summed E-state index contributed by atoms with van der Waals surface area (Å²) in [4.78, 5) is 4.96. The molecule has 9 heteroatoms. The van der Waals surface area contributed by atoms with Crippen LogP contribution >= 0.6 is 11.7 Å². The lowest BCUT2D eigenvalue weighted by atomic mass is 10.1. The lowest BCUT2D eigenvalue weighted by Crippen LogP contribution is -2.28. The van der Waals surface area contributed by atoms with Crippen molar-refractivity contribution in [1.29, 1.82) is 0 Å². The summed E-state index contributed by atoms with van der Waals surface area (Å²) in [5, 5.41) is 0. The molecule has 3 aromatic carbocycles. The van der Waals surface area contributed by atoms with Gasteiger partial charge in [0.2, 0.25) is 10.0 Å². The van der Waals surface area contributed by atoms with Crippen LogP contribution in [0.3, 0.4) is 0 Å². The van der Waals surface area contributed by atoms with E-state index < -0.39 is 10.0 Å². The number of nitrogens with one attached hydrogen (secondary N) is 1. The summed E-state index contributed by atoms with van der Waals surface area (Å²) in [6, 6.07) is 23.2. The molecule has 0 bridgehead atoms. The molecule has 1 N–H and O–H groups in total. The minimum absolute atomic E-state index is 0.156. The molecule has 162 valence electrons. The van der Waals surface area contributed by atoms with Gasteiger partial charge in [-0.25, -0.2) is 18.1 Å². The Hall–Kier alpha value is -3.14. The summed E-state index contributed by atoms with van der Waals surface area (Å²) >= 11 is 1.01. The molecule has 0 saturated heterocycles. The third kappa shape index (κ3) is 4.14. The van der Waals surface area contributed by atoms with Crippen LogP contribution in [0.15, 0.2) is 77.7 Å². The van der Waals surface area contributed by atoms with Crippen LogP contribution in [-0.2, 0) is 29.4 Å². The Kier molecular flexibility index (Phi) is 5.69. The van der Waals surface area contributed by atoms with Gasteiger partial charge in [0.1, 0.15) is 21.8 Å². The number of nitrogens with zero attached hydrogens (tertiary/aromatic N) is 4. The Morgan fingerprint density at radius 1 is 0.844 bits per heavy atom. The minimum Gasteiger partial charge on any atom is -0.327 e. The molecular weight excluding hydrogens is 442 g/mol. The molecule has 7 nitrogen and oxygen atoms in total. The second-order valence-electron chi connectivity index (χ2n) is 7.44. The van der Waals surface area contributed by atoms with Crippen LogP contribution in [0, 0.1) is 0 Å². The normalized spacial score (nSPS) is 12.0. The molecule has 0 atom stereocenters. The van der Waals surface area contributed by atoms with Gasteiger partial charge in [0.15, 0.2) is 0 Å². The lowest BCUT2D eigenvalue weighted by molar-refractivity contribution is 0.571. The molecule has 2 heterocycles. The first-order chi connectivity index (χ1) is 15.6. The first kappa shape index (κ1) is 20.7. The number of hydrogen-bond donors (Lipinski definition) is 1. The van der Waals surface area contributed by atoms with E-state index >= 15 is 0 Å². The average Bonchev–Trinajstić information content (AvgIpc) is 3.43. The van der Waals surface area contributed by atoms with E-state index in [-0.39, 0.29) is 11.4 Å². The van der Waals surface area contributed by atoms with Crippen LogP contribution in [0.5, 0.6) is 0 Å². The van der Waals surface area contributed by atoms with E-state index in [0.29, 0.717) is 17.6 Å². The molecule has 0 spiro atoms. The summed E-state index contributed by atoms with van der Waals surface area (Å²) < 4.78 is 39.0. The highest BCUT2D eigenvalue weighted by Crippen LogP contribution is 2.21. The molecule has 0 aliphatic carbocycles. The number of fused-ring (bicyclic) bond motifs is 2. The monoisotopic (exact) mass is 463 g/mol. The molecule has 0 unspecified atom stereocenters. The second kappa shape index (κ2) is 8.78. The number of aryl methyl sites for hydroxylation is 2. The Bertz CT molecular complexity index is 1480. The summed E-state index contributed by atoms with van der Waals surface area (Å²) in [5.74, 6) is 0.944. The molecule has 0 aliphatic rings. The molecule has 0 saturated carbocycles. The van der Waals surface area contributed by atoms with Gasteiger partial charge in [-0.3, -0.25) is 0 Å². The number of benzene rings is 3. The van der Waals surface area contributed by atoms with Gasteiger partial charge in [0.25, 0.3) is 0 Å². The predicted molar refractivity (Wildman–Crippen MR) is 126 cm³/mol. The molecule has 0 amide bonds. The molecule has 0 radical (unpaired) electrons. The van der Waals surface area contributed by atoms with Gasteiger partial charge < -0.3 is 4.57 Å². The average molecular weight is 464 g/mol. The van der Waals surface area contributed by atoms with Gasteiger partial charge in [-0.15, -0.1) is 0 Å². The van der Waals surface area contributed by atoms with Crippen LogP contribution in [0.2, 0.25) is 0 Å². The third-order valence-electron chi connectivity index (χ3n) is 5.38. The topological polar surface area (TPSA) is 89.8 Å². The summed E-state index contributed by atoms with van der Waals surface area (Å²) in [7, 11) is -3.71. The van der Waals surface area contributed by atoms with Crippen molar-refractivity contribution in [3.05, 3.63) is 84.2 Å². The van der Waals surface area contributed by atoms with Crippen molar-refractivity contribution in [1.82, 2.24) is 23.0 Å². The number of aromatic nitrogens is 4. The highest BCUT2D eigenvalue weighted by Gasteiger charge is 2.19. The van der Waals surface area contributed by atoms with E-state index in [9.17, 15) is 8.42 Å². The van der Waals surface area contributed by atoms with Crippen LogP contribution in [-0.4, -0.2) is 33.3 Å². The van der Waals surface area contributed by atoms with E-state index in [4.69, 9.17) is 4.98 Å². The maximum absolute atomic E-state index is 12.9. The highest BCUT2D eigenvalue weighted by molar-refractivity contribution is 7.89. The summed E-state index contributed by atoms with van der Waals surface area (Å²) in [5.41, 5.74) is 4.15. The van der Waals surface area contributed by atoms with Crippen molar-refractivity contribution in [3.8, 4) is 0 Å². The Morgan fingerprint density at radius 2 is 1.62 bits per heavy atom. The number of sulfonamides is 1. The van der Waals surface area contributed by atoms with Gasteiger partial charge in [-0.2, -0.15) is 8.75 Å². The zero-order chi connectivity index (χ0) is 22.0. The molecule has 32 heavy (non-hydrogen) atoms. The maximum Gasteiger partial charge on any atom is 0.242 e. The van der Waals surface area contributed by atoms with Crippen LogP contribution in [0.4, 0.5) is 0 Å². The number of para-hydroxylation sites is 2. The Labute approximate surface area is 190 Å². The molecule has 2 aromatic heterocycles. The number of imidazole rings is 1. The predicted octanol–water partition coefficient (Wildman–Crippen LogP) is 3.80. The molecule has 5 rings (SSSR count).